The van der Waals surface area contributed by atoms with Crippen LogP contribution in [0.5, 0.6) is 0 Å². The van der Waals surface area contributed by atoms with Crippen LogP contribution >= 0.6 is 0 Å². The van der Waals surface area contributed by atoms with Crippen LogP contribution in [0.15, 0.2) is 36.6 Å². The molecule has 1 aromatic carbocycles. The van der Waals surface area contributed by atoms with Gasteiger partial charge in [-0.1, -0.05) is 24.8 Å². The van der Waals surface area contributed by atoms with Gasteiger partial charge in [0.1, 0.15) is 0 Å². The number of rotatable bonds is 3. The molecule has 0 saturated heterocycles. The van der Waals surface area contributed by atoms with Gasteiger partial charge in [0.2, 0.25) is 0 Å². The molecule has 0 saturated carbocycles. The van der Waals surface area contributed by atoms with E-state index in [1.54, 1.807) is 0 Å². The maximum absolute atomic E-state index is 5.53. The van der Waals surface area contributed by atoms with E-state index in [0.717, 1.165) is 12.2 Å². The van der Waals surface area contributed by atoms with Crippen molar-refractivity contribution >= 4 is 5.69 Å². The van der Waals surface area contributed by atoms with Crippen molar-refractivity contribution in [1.29, 1.82) is 0 Å². The number of hydrogen-bond acceptors (Lipinski definition) is 2. The molecule has 1 N–H and O–H groups in total. The first-order valence-corrected chi connectivity index (χ1v) is 5.88. The Labute approximate surface area is 97.3 Å². The van der Waals surface area contributed by atoms with Crippen molar-refractivity contribution in [3.8, 4) is 0 Å². The highest BCUT2D eigenvalue weighted by molar-refractivity contribution is 5.54. The lowest BCUT2D eigenvalue weighted by molar-refractivity contribution is 0.184. The molecular weight excluding hydrogens is 198 g/mol. The van der Waals surface area contributed by atoms with Gasteiger partial charge in [-0.2, -0.15) is 0 Å². The van der Waals surface area contributed by atoms with Crippen molar-refractivity contribution in [1.82, 2.24) is 0 Å². The molecule has 0 radical (unpaired) electrons. The zero-order valence-corrected chi connectivity index (χ0v) is 9.99. The minimum atomic E-state index is 0.370. The fourth-order valence-corrected chi connectivity index (χ4v) is 2.28. The Hall–Kier alpha value is -1.44. The Kier molecular flexibility index (Phi) is 3.18. The molecule has 0 bridgehead atoms. The third kappa shape index (κ3) is 2.06. The Morgan fingerprint density at radius 2 is 2.25 bits per heavy atom. The van der Waals surface area contributed by atoms with Crippen LogP contribution in [-0.4, -0.2) is 12.6 Å². The van der Waals surface area contributed by atoms with E-state index in [-0.39, 0.29) is 0 Å². The van der Waals surface area contributed by atoms with Gasteiger partial charge >= 0.3 is 0 Å². The summed E-state index contributed by atoms with van der Waals surface area (Å²) in [6, 6.07) is 8.83. The molecule has 0 fully saturated rings. The number of para-hydroxylation sites is 1. The Bertz CT molecular complexity index is 386. The van der Waals surface area contributed by atoms with Crippen molar-refractivity contribution in [2.24, 2.45) is 5.92 Å². The van der Waals surface area contributed by atoms with Gasteiger partial charge in [-0.25, -0.2) is 0 Å². The zero-order valence-electron chi connectivity index (χ0n) is 9.99. The molecule has 2 rings (SSSR count). The van der Waals surface area contributed by atoms with Crippen LogP contribution in [0.2, 0.25) is 0 Å². The van der Waals surface area contributed by atoms with E-state index in [1.165, 1.54) is 11.3 Å². The first-order chi connectivity index (χ1) is 7.72. The number of anilines is 1. The van der Waals surface area contributed by atoms with Crippen molar-refractivity contribution in [3.63, 3.8) is 0 Å². The van der Waals surface area contributed by atoms with Crippen LogP contribution in [0.25, 0.3) is 0 Å². The van der Waals surface area contributed by atoms with Gasteiger partial charge in [0, 0.05) is 17.6 Å². The second kappa shape index (κ2) is 4.60. The summed E-state index contributed by atoms with van der Waals surface area (Å²) in [4.78, 5) is 0. The normalized spacial score (nSPS) is 23.1. The smallest absolute Gasteiger partial charge is 0.0942 e. The van der Waals surface area contributed by atoms with E-state index in [9.17, 15) is 0 Å². The molecule has 0 aliphatic carbocycles. The summed E-state index contributed by atoms with van der Waals surface area (Å²) in [5.74, 6) is 1.27. The third-order valence-electron chi connectivity index (χ3n) is 3.19. The molecule has 1 aliphatic rings. The number of ether oxygens (including phenoxy) is 1. The van der Waals surface area contributed by atoms with Gasteiger partial charge in [-0.15, -0.1) is 0 Å². The van der Waals surface area contributed by atoms with Crippen molar-refractivity contribution in [2.75, 3.05) is 11.9 Å². The van der Waals surface area contributed by atoms with E-state index in [1.807, 2.05) is 6.92 Å². The molecule has 1 heterocycles. The minimum absolute atomic E-state index is 0.370. The van der Waals surface area contributed by atoms with Crippen molar-refractivity contribution in [3.05, 3.63) is 42.2 Å². The summed E-state index contributed by atoms with van der Waals surface area (Å²) in [5, 5.41) is 3.51. The predicted molar refractivity (Wildman–Crippen MR) is 67.5 cm³/mol. The highest BCUT2D eigenvalue weighted by Gasteiger charge is 2.27. The fraction of sp³-hybridized carbons (Fsp3) is 0.429. The molecule has 1 aromatic rings. The minimum Gasteiger partial charge on any atom is -0.498 e. The molecule has 0 spiro atoms. The molecule has 1 aliphatic heterocycles. The monoisotopic (exact) mass is 217 g/mol. The topological polar surface area (TPSA) is 21.3 Å². The van der Waals surface area contributed by atoms with Gasteiger partial charge in [0.25, 0.3) is 0 Å². The molecule has 2 heteroatoms. The average molecular weight is 217 g/mol. The lowest BCUT2D eigenvalue weighted by Crippen LogP contribution is -2.34. The lowest BCUT2D eigenvalue weighted by Gasteiger charge is -2.33. The van der Waals surface area contributed by atoms with Gasteiger partial charge in [0.15, 0.2) is 0 Å². The first-order valence-electron chi connectivity index (χ1n) is 5.88. The predicted octanol–water partition coefficient (Wildman–Crippen LogP) is 3.21. The van der Waals surface area contributed by atoms with Crippen LogP contribution in [0.4, 0.5) is 5.69 Å². The molecule has 86 valence electrons. The van der Waals surface area contributed by atoms with E-state index in [2.05, 4.69) is 43.1 Å². The summed E-state index contributed by atoms with van der Waals surface area (Å²) >= 11 is 0. The van der Waals surface area contributed by atoms with Crippen molar-refractivity contribution < 1.29 is 4.74 Å². The van der Waals surface area contributed by atoms with Gasteiger partial charge in [-0.05, 0) is 31.9 Å². The second-order valence-electron chi connectivity index (χ2n) is 4.30. The first kappa shape index (κ1) is 11.1. The molecule has 0 amide bonds. The van der Waals surface area contributed by atoms with Crippen LogP contribution in [0, 0.1) is 5.92 Å². The number of hydrogen-bond donors (Lipinski definition) is 1. The van der Waals surface area contributed by atoms with E-state index < -0.39 is 0 Å². The Balaban J connectivity index is 2.18. The number of benzene rings is 1. The maximum Gasteiger partial charge on any atom is 0.0942 e. The standard InChI is InChI=1S/C14H19NO/c1-4-16-11(3)13-9-12-7-5-6-8-14(12)15-10(13)2/h5-8,10,13,15H,3-4,9H2,1-2H3/t10-,13?/m1/s1. The summed E-state index contributed by atoms with van der Waals surface area (Å²) in [6.45, 7) is 8.91. The average Bonchev–Trinajstić information content (AvgIpc) is 2.28. The Morgan fingerprint density at radius 3 is 3.00 bits per heavy atom. The van der Waals surface area contributed by atoms with Crippen LogP contribution in [0.3, 0.4) is 0 Å². The van der Waals surface area contributed by atoms with Crippen LogP contribution < -0.4 is 5.32 Å². The molecule has 2 atom stereocenters. The molecular formula is C14H19NO. The third-order valence-corrected chi connectivity index (χ3v) is 3.19. The summed E-state index contributed by atoms with van der Waals surface area (Å²) in [6.07, 6.45) is 1.02. The number of fused-ring (bicyclic) bond motifs is 1. The molecule has 16 heavy (non-hydrogen) atoms. The SMILES string of the molecule is C=C(OCC)C1Cc2ccccc2N[C@@H]1C. The van der Waals surface area contributed by atoms with E-state index in [0.29, 0.717) is 18.6 Å². The summed E-state index contributed by atoms with van der Waals surface area (Å²) in [7, 11) is 0. The second-order valence-corrected chi connectivity index (χ2v) is 4.30. The van der Waals surface area contributed by atoms with Crippen LogP contribution in [0.1, 0.15) is 19.4 Å². The lowest BCUT2D eigenvalue weighted by atomic mass is 9.87. The molecule has 0 aromatic heterocycles. The highest BCUT2D eigenvalue weighted by Crippen LogP contribution is 2.31. The van der Waals surface area contributed by atoms with E-state index in [4.69, 9.17) is 4.74 Å². The maximum atomic E-state index is 5.53. The summed E-state index contributed by atoms with van der Waals surface area (Å²) in [5.41, 5.74) is 2.60. The van der Waals surface area contributed by atoms with Crippen molar-refractivity contribution in [2.45, 2.75) is 26.3 Å². The fourth-order valence-electron chi connectivity index (χ4n) is 2.28. The highest BCUT2D eigenvalue weighted by atomic mass is 16.5. The molecule has 1 unspecified atom stereocenters. The largest absolute Gasteiger partial charge is 0.498 e. The van der Waals surface area contributed by atoms with Gasteiger partial charge in [-0.3, -0.25) is 0 Å². The van der Waals surface area contributed by atoms with E-state index >= 15 is 0 Å². The summed E-state index contributed by atoms with van der Waals surface area (Å²) < 4.78 is 5.53. The van der Waals surface area contributed by atoms with Gasteiger partial charge in [0.05, 0.1) is 12.4 Å². The number of nitrogens with one attached hydrogen (secondary N) is 1. The van der Waals surface area contributed by atoms with Gasteiger partial charge < -0.3 is 10.1 Å². The Morgan fingerprint density at radius 1 is 1.50 bits per heavy atom. The zero-order chi connectivity index (χ0) is 11.5. The molecule has 2 nitrogen and oxygen atoms in total. The quantitative estimate of drug-likeness (QED) is 0.785. The van der Waals surface area contributed by atoms with Crippen LogP contribution in [-0.2, 0) is 11.2 Å².